The molecule has 0 amide bonds. The minimum Gasteiger partial charge on any atom is -0.456 e. The summed E-state index contributed by atoms with van der Waals surface area (Å²) in [5.74, 6) is 0. The summed E-state index contributed by atoms with van der Waals surface area (Å²) < 4.78 is 6.31. The number of anilines is 3. The standard InChI is InChI=1S/C56H37NO/c1-3-13-42-33-46(31-29-38(42)11-1)41-27-25-40(26-28-41)44-15-7-18-49(35-44)57(50-19-8-16-45(36-50)47-32-30-39-12-2-4-14-43(39)34-47)51-20-9-17-48(37-51)52-22-10-24-55-56(52)53-21-5-6-23-54(53)58-55/h1-37H. The van der Waals surface area contributed by atoms with Gasteiger partial charge in [-0.05, 0) is 127 Å². The van der Waals surface area contributed by atoms with Crippen LogP contribution >= 0.6 is 0 Å². The molecule has 272 valence electrons. The summed E-state index contributed by atoms with van der Waals surface area (Å²) in [5.41, 5.74) is 14.4. The maximum atomic E-state index is 6.31. The Kier molecular flexibility index (Phi) is 8.19. The number of nitrogens with zero attached hydrogens (tertiary/aromatic N) is 1. The average molecular weight is 740 g/mol. The van der Waals surface area contributed by atoms with E-state index in [1.165, 1.54) is 49.4 Å². The summed E-state index contributed by atoms with van der Waals surface area (Å²) in [6, 6.07) is 80.8. The molecular weight excluding hydrogens is 703 g/mol. The number of furan rings is 1. The van der Waals surface area contributed by atoms with Gasteiger partial charge in [0.1, 0.15) is 11.2 Å². The van der Waals surface area contributed by atoms with E-state index < -0.39 is 0 Å². The van der Waals surface area contributed by atoms with Crippen LogP contribution in [0.2, 0.25) is 0 Å². The van der Waals surface area contributed by atoms with Gasteiger partial charge in [0.25, 0.3) is 0 Å². The third-order valence-electron chi connectivity index (χ3n) is 11.4. The molecule has 0 spiro atoms. The molecule has 2 heteroatoms. The molecule has 1 aromatic heterocycles. The first-order valence-electron chi connectivity index (χ1n) is 19.8. The van der Waals surface area contributed by atoms with E-state index >= 15 is 0 Å². The van der Waals surface area contributed by atoms with Crippen LogP contribution in [-0.4, -0.2) is 0 Å². The minimum absolute atomic E-state index is 0.892. The summed E-state index contributed by atoms with van der Waals surface area (Å²) >= 11 is 0. The van der Waals surface area contributed by atoms with E-state index in [1.807, 2.05) is 12.1 Å². The first-order valence-corrected chi connectivity index (χ1v) is 19.8. The SMILES string of the molecule is c1cc(-c2ccc(-c3ccc4ccccc4c3)cc2)cc(N(c2cccc(-c3ccc4ccccc4c3)c2)c2cccc(-c3cccc4oc5ccccc5c34)c2)c1. The van der Waals surface area contributed by atoms with E-state index in [0.717, 1.165) is 55.7 Å². The van der Waals surface area contributed by atoms with E-state index in [4.69, 9.17) is 4.42 Å². The van der Waals surface area contributed by atoms with E-state index in [-0.39, 0.29) is 0 Å². The predicted molar refractivity (Wildman–Crippen MR) is 245 cm³/mol. The number of benzene rings is 10. The zero-order valence-electron chi connectivity index (χ0n) is 31.7. The van der Waals surface area contributed by atoms with E-state index in [9.17, 15) is 0 Å². The average Bonchev–Trinajstić information content (AvgIpc) is 3.68. The molecule has 2 nitrogen and oxygen atoms in total. The lowest BCUT2D eigenvalue weighted by Gasteiger charge is -2.27. The number of hydrogen-bond acceptors (Lipinski definition) is 2. The Morgan fingerprint density at radius 1 is 0.276 bits per heavy atom. The van der Waals surface area contributed by atoms with E-state index in [1.54, 1.807) is 0 Å². The van der Waals surface area contributed by atoms with Crippen LogP contribution in [0.25, 0.3) is 88.0 Å². The second kappa shape index (κ2) is 14.1. The van der Waals surface area contributed by atoms with Crippen molar-refractivity contribution in [3.05, 3.63) is 224 Å². The molecule has 0 atom stereocenters. The van der Waals surface area contributed by atoms with Crippen LogP contribution in [0.1, 0.15) is 0 Å². The maximum Gasteiger partial charge on any atom is 0.136 e. The zero-order chi connectivity index (χ0) is 38.4. The third kappa shape index (κ3) is 6.09. The van der Waals surface area contributed by atoms with Gasteiger partial charge in [0.15, 0.2) is 0 Å². The number of hydrogen-bond donors (Lipinski definition) is 0. The van der Waals surface area contributed by atoms with Crippen molar-refractivity contribution >= 4 is 60.5 Å². The minimum atomic E-state index is 0.892. The monoisotopic (exact) mass is 739 g/mol. The molecule has 0 unspecified atom stereocenters. The van der Waals surface area contributed by atoms with Crippen molar-refractivity contribution in [1.29, 1.82) is 0 Å². The van der Waals surface area contributed by atoms with Crippen molar-refractivity contribution in [2.45, 2.75) is 0 Å². The normalized spacial score (nSPS) is 11.4. The van der Waals surface area contributed by atoms with E-state index in [2.05, 4.69) is 217 Å². The molecule has 11 aromatic rings. The molecule has 0 saturated carbocycles. The first-order chi connectivity index (χ1) is 28.7. The highest BCUT2D eigenvalue weighted by molar-refractivity contribution is 6.12. The van der Waals surface area contributed by atoms with Gasteiger partial charge in [0, 0.05) is 27.8 Å². The van der Waals surface area contributed by atoms with Crippen molar-refractivity contribution in [2.75, 3.05) is 4.90 Å². The Balaban J connectivity index is 1.03. The molecule has 0 N–H and O–H groups in total. The quantitative estimate of drug-likeness (QED) is 0.162. The lowest BCUT2D eigenvalue weighted by molar-refractivity contribution is 0.669. The molecule has 0 aliphatic carbocycles. The van der Waals surface area contributed by atoms with Gasteiger partial charge in [-0.25, -0.2) is 0 Å². The molecular formula is C56H37NO. The molecule has 0 aliphatic rings. The van der Waals surface area contributed by atoms with Gasteiger partial charge in [0.2, 0.25) is 0 Å². The second-order valence-electron chi connectivity index (χ2n) is 15.0. The van der Waals surface area contributed by atoms with Crippen LogP contribution in [-0.2, 0) is 0 Å². The van der Waals surface area contributed by atoms with Crippen molar-refractivity contribution < 1.29 is 4.42 Å². The highest BCUT2D eigenvalue weighted by Gasteiger charge is 2.18. The van der Waals surface area contributed by atoms with Crippen LogP contribution in [0, 0.1) is 0 Å². The molecule has 0 bridgehead atoms. The van der Waals surface area contributed by atoms with Gasteiger partial charge in [-0.1, -0.05) is 164 Å². The van der Waals surface area contributed by atoms with Gasteiger partial charge in [-0.2, -0.15) is 0 Å². The van der Waals surface area contributed by atoms with Crippen molar-refractivity contribution in [1.82, 2.24) is 0 Å². The summed E-state index contributed by atoms with van der Waals surface area (Å²) in [5, 5.41) is 7.23. The van der Waals surface area contributed by atoms with Crippen molar-refractivity contribution in [2.24, 2.45) is 0 Å². The van der Waals surface area contributed by atoms with E-state index in [0.29, 0.717) is 0 Å². The summed E-state index contributed by atoms with van der Waals surface area (Å²) in [7, 11) is 0. The van der Waals surface area contributed by atoms with Gasteiger partial charge in [0.05, 0.1) is 0 Å². The zero-order valence-corrected chi connectivity index (χ0v) is 31.7. The van der Waals surface area contributed by atoms with Crippen molar-refractivity contribution in [3.8, 4) is 44.5 Å². The lowest BCUT2D eigenvalue weighted by Crippen LogP contribution is -2.10. The van der Waals surface area contributed by atoms with Gasteiger partial charge in [-0.3, -0.25) is 0 Å². The van der Waals surface area contributed by atoms with Crippen LogP contribution in [0.4, 0.5) is 17.1 Å². The summed E-state index contributed by atoms with van der Waals surface area (Å²) in [6.45, 7) is 0. The Bertz CT molecular complexity index is 3300. The van der Waals surface area contributed by atoms with Crippen LogP contribution in [0.3, 0.4) is 0 Å². The Morgan fingerprint density at radius 3 is 1.33 bits per heavy atom. The molecule has 0 aliphatic heterocycles. The Hall–Kier alpha value is -7.68. The Morgan fingerprint density at radius 2 is 0.707 bits per heavy atom. The first kappa shape index (κ1) is 33.6. The van der Waals surface area contributed by atoms with Crippen molar-refractivity contribution in [3.63, 3.8) is 0 Å². The fourth-order valence-corrected chi connectivity index (χ4v) is 8.52. The predicted octanol–water partition coefficient (Wildman–Crippen LogP) is 16.0. The molecule has 0 fully saturated rings. The van der Waals surface area contributed by atoms with Crippen LogP contribution in [0.15, 0.2) is 229 Å². The fourth-order valence-electron chi connectivity index (χ4n) is 8.52. The Labute approximate surface area is 337 Å². The smallest absolute Gasteiger partial charge is 0.136 e. The summed E-state index contributed by atoms with van der Waals surface area (Å²) in [4.78, 5) is 2.38. The molecule has 0 radical (unpaired) electrons. The van der Waals surface area contributed by atoms with Crippen LogP contribution in [0.5, 0.6) is 0 Å². The number of rotatable bonds is 7. The lowest BCUT2D eigenvalue weighted by atomic mass is 9.97. The van der Waals surface area contributed by atoms with Crippen LogP contribution < -0.4 is 4.90 Å². The van der Waals surface area contributed by atoms with Gasteiger partial charge < -0.3 is 9.32 Å². The van der Waals surface area contributed by atoms with Gasteiger partial charge >= 0.3 is 0 Å². The molecule has 11 rings (SSSR count). The molecule has 10 aromatic carbocycles. The number of para-hydroxylation sites is 1. The highest BCUT2D eigenvalue weighted by atomic mass is 16.3. The molecule has 58 heavy (non-hydrogen) atoms. The highest BCUT2D eigenvalue weighted by Crippen LogP contribution is 2.42. The fraction of sp³-hybridized carbons (Fsp3) is 0. The second-order valence-corrected chi connectivity index (χ2v) is 15.0. The summed E-state index contributed by atoms with van der Waals surface area (Å²) in [6.07, 6.45) is 0. The molecule has 1 heterocycles. The maximum absolute atomic E-state index is 6.31. The van der Waals surface area contributed by atoms with Gasteiger partial charge in [-0.15, -0.1) is 0 Å². The largest absolute Gasteiger partial charge is 0.456 e. The third-order valence-corrected chi connectivity index (χ3v) is 11.4. The molecule has 0 saturated heterocycles. The topological polar surface area (TPSA) is 16.4 Å². The number of fused-ring (bicyclic) bond motifs is 5.